The highest BCUT2D eigenvalue weighted by Gasteiger charge is 2.13. The van der Waals surface area contributed by atoms with Crippen LogP contribution >= 0.6 is 0 Å². The van der Waals surface area contributed by atoms with Crippen LogP contribution in [-0.2, 0) is 6.54 Å². The number of fused-ring (bicyclic) bond motifs is 1. The molecule has 1 aromatic carbocycles. The van der Waals surface area contributed by atoms with Crippen molar-refractivity contribution in [3.8, 4) is 11.5 Å². The molecule has 1 aromatic rings. The summed E-state index contributed by atoms with van der Waals surface area (Å²) in [6.07, 6.45) is 2.64. The summed E-state index contributed by atoms with van der Waals surface area (Å²) >= 11 is 0. The molecule has 3 rings (SSSR count). The Morgan fingerprint density at radius 3 is 2.95 bits per heavy atom. The Kier molecular flexibility index (Phi) is 4.20. The molecule has 1 saturated heterocycles. The van der Waals surface area contributed by atoms with E-state index in [-0.39, 0.29) is 0 Å². The third-order valence-corrected chi connectivity index (χ3v) is 3.77. The molecule has 4 heteroatoms. The fourth-order valence-corrected chi connectivity index (χ4v) is 2.72. The predicted molar refractivity (Wildman–Crippen MR) is 74.7 cm³/mol. The lowest BCUT2D eigenvalue weighted by atomic mass is 10.00. The number of benzene rings is 1. The summed E-state index contributed by atoms with van der Waals surface area (Å²) in [4.78, 5) is 0. The Morgan fingerprint density at radius 1 is 1.21 bits per heavy atom. The van der Waals surface area contributed by atoms with Gasteiger partial charge in [-0.3, -0.25) is 0 Å². The maximum atomic E-state index is 5.60. The van der Waals surface area contributed by atoms with Crippen molar-refractivity contribution >= 4 is 0 Å². The number of nitrogens with one attached hydrogen (secondary N) is 2. The van der Waals surface area contributed by atoms with Crippen LogP contribution in [0.1, 0.15) is 18.4 Å². The van der Waals surface area contributed by atoms with Gasteiger partial charge in [0, 0.05) is 6.54 Å². The van der Waals surface area contributed by atoms with E-state index in [1.807, 2.05) is 6.07 Å². The minimum absolute atomic E-state index is 0.650. The van der Waals surface area contributed by atoms with Crippen molar-refractivity contribution in [2.24, 2.45) is 5.92 Å². The second-order valence-corrected chi connectivity index (χ2v) is 5.32. The average molecular weight is 262 g/mol. The normalized spacial score (nSPS) is 22.2. The average Bonchev–Trinajstić information content (AvgIpc) is 2.48. The van der Waals surface area contributed by atoms with E-state index in [2.05, 4.69) is 22.8 Å². The van der Waals surface area contributed by atoms with Gasteiger partial charge in [0.25, 0.3) is 0 Å². The molecule has 0 bridgehead atoms. The van der Waals surface area contributed by atoms with Crippen LogP contribution in [0.2, 0.25) is 0 Å². The lowest BCUT2D eigenvalue weighted by Crippen LogP contribution is -2.35. The maximum absolute atomic E-state index is 5.60. The van der Waals surface area contributed by atoms with Crippen LogP contribution in [0.15, 0.2) is 18.2 Å². The summed E-state index contributed by atoms with van der Waals surface area (Å²) in [6, 6.07) is 6.20. The Morgan fingerprint density at radius 2 is 2.11 bits per heavy atom. The van der Waals surface area contributed by atoms with Gasteiger partial charge in [-0.15, -0.1) is 0 Å². The van der Waals surface area contributed by atoms with E-state index in [9.17, 15) is 0 Å². The highest BCUT2D eigenvalue weighted by molar-refractivity contribution is 5.43. The summed E-state index contributed by atoms with van der Waals surface area (Å²) in [6.45, 7) is 5.61. The van der Waals surface area contributed by atoms with Crippen LogP contribution in [-0.4, -0.2) is 32.8 Å². The third-order valence-electron chi connectivity index (χ3n) is 3.77. The second kappa shape index (κ2) is 6.26. The number of hydrogen-bond acceptors (Lipinski definition) is 4. The molecule has 2 aliphatic rings. The molecule has 0 aromatic heterocycles. The summed E-state index contributed by atoms with van der Waals surface area (Å²) in [5, 5.41) is 6.99. The summed E-state index contributed by atoms with van der Waals surface area (Å²) in [5.41, 5.74) is 1.26. The van der Waals surface area contributed by atoms with Crippen LogP contribution in [0.4, 0.5) is 0 Å². The summed E-state index contributed by atoms with van der Waals surface area (Å²) in [7, 11) is 0. The molecular formula is C15H22N2O2. The number of ether oxygens (including phenoxy) is 2. The van der Waals surface area contributed by atoms with E-state index < -0.39 is 0 Å². The van der Waals surface area contributed by atoms with Crippen LogP contribution < -0.4 is 20.1 Å². The smallest absolute Gasteiger partial charge is 0.161 e. The van der Waals surface area contributed by atoms with Crippen molar-refractivity contribution in [2.75, 3.05) is 32.8 Å². The molecule has 1 unspecified atom stereocenters. The Bertz CT molecular complexity index is 417. The molecule has 4 nitrogen and oxygen atoms in total. The maximum Gasteiger partial charge on any atom is 0.161 e. The zero-order valence-corrected chi connectivity index (χ0v) is 11.3. The van der Waals surface area contributed by atoms with Gasteiger partial charge in [0.1, 0.15) is 13.2 Å². The third kappa shape index (κ3) is 3.39. The fraction of sp³-hybridized carbons (Fsp3) is 0.600. The second-order valence-electron chi connectivity index (χ2n) is 5.32. The van der Waals surface area contributed by atoms with Crippen molar-refractivity contribution in [1.29, 1.82) is 0 Å². The van der Waals surface area contributed by atoms with Gasteiger partial charge in [-0.25, -0.2) is 0 Å². The summed E-state index contributed by atoms with van der Waals surface area (Å²) in [5.74, 6) is 2.52. The molecule has 2 aliphatic heterocycles. The molecule has 0 aliphatic carbocycles. The van der Waals surface area contributed by atoms with Crippen molar-refractivity contribution in [2.45, 2.75) is 19.4 Å². The Hall–Kier alpha value is -1.26. The first-order valence-electron chi connectivity index (χ1n) is 7.22. The monoisotopic (exact) mass is 262 g/mol. The lowest BCUT2D eigenvalue weighted by molar-refractivity contribution is 0.171. The van der Waals surface area contributed by atoms with Gasteiger partial charge in [0.15, 0.2) is 11.5 Å². The standard InChI is InChI=1S/C15H22N2O2/c1-2-13(10-16-5-1)11-17-9-12-3-4-14-15(8-12)19-7-6-18-14/h3-4,8,13,16-17H,1-2,5-7,9-11H2. The van der Waals surface area contributed by atoms with Crippen LogP contribution in [0.25, 0.3) is 0 Å². The topological polar surface area (TPSA) is 42.5 Å². The first-order valence-corrected chi connectivity index (χ1v) is 7.22. The quantitative estimate of drug-likeness (QED) is 0.864. The van der Waals surface area contributed by atoms with Gasteiger partial charge in [0.05, 0.1) is 0 Å². The van der Waals surface area contributed by atoms with E-state index in [0.29, 0.717) is 13.2 Å². The molecule has 1 atom stereocenters. The largest absolute Gasteiger partial charge is 0.486 e. The van der Waals surface area contributed by atoms with Crippen molar-refractivity contribution in [3.63, 3.8) is 0 Å². The zero-order chi connectivity index (χ0) is 12.9. The van der Waals surface area contributed by atoms with Crippen molar-refractivity contribution < 1.29 is 9.47 Å². The van der Waals surface area contributed by atoms with Gasteiger partial charge in [-0.05, 0) is 56.1 Å². The molecule has 0 amide bonds. The number of piperidine rings is 1. The Labute approximate surface area is 114 Å². The van der Waals surface area contributed by atoms with E-state index in [1.54, 1.807) is 0 Å². The number of rotatable bonds is 4. The molecular weight excluding hydrogens is 240 g/mol. The molecule has 2 N–H and O–H groups in total. The molecule has 19 heavy (non-hydrogen) atoms. The molecule has 0 radical (unpaired) electrons. The lowest BCUT2D eigenvalue weighted by Gasteiger charge is -2.23. The highest BCUT2D eigenvalue weighted by Crippen LogP contribution is 2.30. The van der Waals surface area contributed by atoms with Crippen LogP contribution in [0.3, 0.4) is 0 Å². The molecule has 2 heterocycles. The predicted octanol–water partition coefficient (Wildman–Crippen LogP) is 1.55. The molecule has 0 saturated carbocycles. The van der Waals surface area contributed by atoms with Crippen LogP contribution in [0, 0.1) is 5.92 Å². The zero-order valence-electron chi connectivity index (χ0n) is 11.3. The minimum Gasteiger partial charge on any atom is -0.486 e. The molecule has 0 spiro atoms. The van der Waals surface area contributed by atoms with Crippen molar-refractivity contribution in [3.05, 3.63) is 23.8 Å². The van der Waals surface area contributed by atoms with Gasteiger partial charge in [-0.2, -0.15) is 0 Å². The van der Waals surface area contributed by atoms with E-state index in [4.69, 9.17) is 9.47 Å². The Balaban J connectivity index is 1.49. The first-order chi connectivity index (χ1) is 9.42. The SMILES string of the molecule is c1cc2c(cc1CNCC1CCCNC1)OCCO2. The van der Waals surface area contributed by atoms with Gasteiger partial charge >= 0.3 is 0 Å². The van der Waals surface area contributed by atoms with Crippen molar-refractivity contribution in [1.82, 2.24) is 10.6 Å². The van der Waals surface area contributed by atoms with E-state index >= 15 is 0 Å². The van der Waals surface area contributed by atoms with Crippen LogP contribution in [0.5, 0.6) is 11.5 Å². The highest BCUT2D eigenvalue weighted by atomic mass is 16.6. The van der Waals surface area contributed by atoms with Gasteiger partial charge in [0.2, 0.25) is 0 Å². The van der Waals surface area contributed by atoms with E-state index in [0.717, 1.165) is 37.1 Å². The first kappa shape index (κ1) is 12.8. The van der Waals surface area contributed by atoms with Gasteiger partial charge < -0.3 is 20.1 Å². The summed E-state index contributed by atoms with van der Waals surface area (Å²) < 4.78 is 11.1. The minimum atomic E-state index is 0.650. The molecule has 1 fully saturated rings. The van der Waals surface area contributed by atoms with E-state index in [1.165, 1.54) is 24.9 Å². The molecule has 104 valence electrons. The number of hydrogen-bond donors (Lipinski definition) is 2. The van der Waals surface area contributed by atoms with Gasteiger partial charge in [-0.1, -0.05) is 6.07 Å². The fourth-order valence-electron chi connectivity index (χ4n) is 2.72.